The average Bonchev–Trinajstić information content (AvgIpc) is 2.86. The molecule has 2 heterocycles. The van der Waals surface area contributed by atoms with Gasteiger partial charge in [0.2, 0.25) is 0 Å². The van der Waals surface area contributed by atoms with Crippen molar-refractivity contribution in [2.75, 3.05) is 17.2 Å². The maximum absolute atomic E-state index is 12.0. The van der Waals surface area contributed by atoms with Gasteiger partial charge in [0.15, 0.2) is 6.61 Å². The number of carbonyl (C=O) groups is 2. The number of aromatic nitrogens is 2. The first-order valence-electron chi connectivity index (χ1n) is 5.98. The van der Waals surface area contributed by atoms with Crippen LogP contribution in [0.3, 0.4) is 0 Å². The smallest absolute Gasteiger partial charge is 0.275 e. The van der Waals surface area contributed by atoms with Crippen LogP contribution in [0.15, 0.2) is 30.7 Å². The Morgan fingerprint density at radius 1 is 1.50 bits per heavy atom. The second-order valence-corrected chi connectivity index (χ2v) is 4.43. The molecule has 1 aliphatic heterocycles. The molecule has 0 atom stereocenters. The number of benzene rings is 1. The molecule has 0 unspecified atom stereocenters. The molecule has 102 valence electrons. The number of hydrogen-bond acceptors (Lipinski definition) is 4. The van der Waals surface area contributed by atoms with E-state index in [4.69, 9.17) is 4.74 Å². The number of imidazole rings is 1. The maximum atomic E-state index is 12.0. The molecule has 2 amide bonds. The van der Waals surface area contributed by atoms with Gasteiger partial charge in [-0.1, -0.05) is 0 Å². The van der Waals surface area contributed by atoms with Crippen LogP contribution in [0.1, 0.15) is 10.5 Å². The fourth-order valence-electron chi connectivity index (χ4n) is 1.88. The summed E-state index contributed by atoms with van der Waals surface area (Å²) in [6.07, 6.45) is 3.19. The summed E-state index contributed by atoms with van der Waals surface area (Å²) >= 11 is 0. The van der Waals surface area contributed by atoms with Gasteiger partial charge in [0.25, 0.3) is 11.8 Å². The van der Waals surface area contributed by atoms with E-state index < -0.39 is 0 Å². The summed E-state index contributed by atoms with van der Waals surface area (Å²) in [5.41, 5.74) is 1.51. The fraction of sp³-hybridized carbons (Fsp3) is 0.154. The molecule has 0 fully saturated rings. The zero-order chi connectivity index (χ0) is 14.1. The van der Waals surface area contributed by atoms with Gasteiger partial charge in [0, 0.05) is 25.0 Å². The zero-order valence-corrected chi connectivity index (χ0v) is 10.7. The minimum Gasteiger partial charge on any atom is -0.482 e. The van der Waals surface area contributed by atoms with Crippen LogP contribution in [-0.2, 0) is 11.8 Å². The number of ether oxygens (including phenoxy) is 1. The van der Waals surface area contributed by atoms with Crippen molar-refractivity contribution in [1.82, 2.24) is 9.55 Å². The van der Waals surface area contributed by atoms with Gasteiger partial charge in [-0.2, -0.15) is 0 Å². The third-order valence-electron chi connectivity index (χ3n) is 2.81. The first-order chi connectivity index (χ1) is 9.61. The summed E-state index contributed by atoms with van der Waals surface area (Å²) in [5, 5.41) is 5.41. The lowest BCUT2D eigenvalue weighted by molar-refractivity contribution is -0.118. The van der Waals surface area contributed by atoms with E-state index in [-0.39, 0.29) is 18.4 Å². The molecule has 2 aromatic rings. The number of nitrogens with zero attached hydrogens (tertiary/aromatic N) is 2. The molecular formula is C13H12N4O3. The molecule has 0 aliphatic carbocycles. The predicted molar refractivity (Wildman–Crippen MR) is 71.7 cm³/mol. The van der Waals surface area contributed by atoms with Crippen molar-refractivity contribution < 1.29 is 14.3 Å². The molecule has 0 saturated heterocycles. The van der Waals surface area contributed by atoms with Gasteiger partial charge in [-0.25, -0.2) is 4.98 Å². The number of aryl methyl sites for hydroxylation is 1. The van der Waals surface area contributed by atoms with Crippen molar-refractivity contribution in [3.63, 3.8) is 0 Å². The Morgan fingerprint density at radius 3 is 3.10 bits per heavy atom. The number of nitrogens with one attached hydrogen (secondary N) is 2. The topological polar surface area (TPSA) is 85.2 Å². The van der Waals surface area contributed by atoms with Gasteiger partial charge >= 0.3 is 0 Å². The monoisotopic (exact) mass is 272 g/mol. The summed E-state index contributed by atoms with van der Waals surface area (Å²) < 4.78 is 6.98. The Balaban J connectivity index is 1.78. The first kappa shape index (κ1) is 12.2. The lowest BCUT2D eigenvalue weighted by Crippen LogP contribution is -2.25. The average molecular weight is 272 g/mol. The number of carbonyl (C=O) groups excluding carboxylic acids is 2. The summed E-state index contributed by atoms with van der Waals surface area (Å²) in [4.78, 5) is 27.1. The lowest BCUT2D eigenvalue weighted by atomic mass is 10.2. The Morgan fingerprint density at radius 2 is 2.35 bits per heavy atom. The van der Waals surface area contributed by atoms with Crippen molar-refractivity contribution in [2.45, 2.75) is 0 Å². The van der Waals surface area contributed by atoms with E-state index in [2.05, 4.69) is 15.6 Å². The van der Waals surface area contributed by atoms with Crippen LogP contribution in [0.2, 0.25) is 0 Å². The highest BCUT2D eigenvalue weighted by Gasteiger charge is 2.17. The third-order valence-corrected chi connectivity index (χ3v) is 2.81. The SMILES string of the molecule is Cn1cnc(C(=O)Nc2ccc3c(c2)OCC(=O)N3)c1. The van der Waals surface area contributed by atoms with Gasteiger partial charge in [0.05, 0.1) is 12.0 Å². The summed E-state index contributed by atoms with van der Waals surface area (Å²) in [6, 6.07) is 5.03. The highest BCUT2D eigenvalue weighted by atomic mass is 16.5. The number of anilines is 2. The van der Waals surface area contributed by atoms with Crippen LogP contribution in [0, 0.1) is 0 Å². The second-order valence-electron chi connectivity index (χ2n) is 4.43. The van der Waals surface area contributed by atoms with Crippen molar-refractivity contribution >= 4 is 23.2 Å². The van der Waals surface area contributed by atoms with E-state index in [0.29, 0.717) is 22.8 Å². The van der Waals surface area contributed by atoms with Crippen molar-refractivity contribution in [3.05, 3.63) is 36.4 Å². The third kappa shape index (κ3) is 2.33. The Labute approximate surface area is 114 Å². The summed E-state index contributed by atoms with van der Waals surface area (Å²) in [6.45, 7) is -0.0232. The van der Waals surface area contributed by atoms with E-state index in [1.54, 1.807) is 42.3 Å². The van der Waals surface area contributed by atoms with Gasteiger partial charge in [-0.15, -0.1) is 0 Å². The van der Waals surface area contributed by atoms with E-state index in [9.17, 15) is 9.59 Å². The Hall–Kier alpha value is -2.83. The maximum Gasteiger partial charge on any atom is 0.275 e. The minimum absolute atomic E-state index is 0.0232. The Bertz CT molecular complexity index is 693. The van der Waals surface area contributed by atoms with E-state index in [0.717, 1.165) is 0 Å². The van der Waals surface area contributed by atoms with Gasteiger partial charge in [-0.05, 0) is 12.1 Å². The molecule has 2 N–H and O–H groups in total. The highest BCUT2D eigenvalue weighted by Crippen LogP contribution is 2.30. The molecule has 20 heavy (non-hydrogen) atoms. The molecule has 0 bridgehead atoms. The zero-order valence-electron chi connectivity index (χ0n) is 10.7. The van der Waals surface area contributed by atoms with Gasteiger partial charge in [-0.3, -0.25) is 9.59 Å². The first-order valence-corrected chi connectivity index (χ1v) is 5.98. The van der Waals surface area contributed by atoms with Gasteiger partial charge < -0.3 is 19.9 Å². The highest BCUT2D eigenvalue weighted by molar-refractivity contribution is 6.03. The number of fused-ring (bicyclic) bond motifs is 1. The number of hydrogen-bond donors (Lipinski definition) is 2. The molecule has 1 aromatic heterocycles. The molecule has 0 saturated carbocycles. The summed E-state index contributed by atoms with van der Waals surface area (Å²) in [5.74, 6) is 0.0385. The lowest BCUT2D eigenvalue weighted by Gasteiger charge is -2.18. The van der Waals surface area contributed by atoms with Crippen molar-refractivity contribution in [1.29, 1.82) is 0 Å². The van der Waals surface area contributed by atoms with Crippen LogP contribution in [0.5, 0.6) is 5.75 Å². The molecule has 0 radical (unpaired) electrons. The largest absolute Gasteiger partial charge is 0.482 e. The molecule has 1 aromatic carbocycles. The molecule has 1 aliphatic rings. The van der Waals surface area contributed by atoms with E-state index >= 15 is 0 Å². The second kappa shape index (κ2) is 4.69. The molecular weight excluding hydrogens is 260 g/mol. The van der Waals surface area contributed by atoms with Crippen molar-refractivity contribution in [2.24, 2.45) is 7.05 Å². The fourth-order valence-corrected chi connectivity index (χ4v) is 1.88. The number of rotatable bonds is 2. The van der Waals surface area contributed by atoms with E-state index in [1.165, 1.54) is 0 Å². The van der Waals surface area contributed by atoms with Crippen LogP contribution in [0.4, 0.5) is 11.4 Å². The summed E-state index contributed by atoms with van der Waals surface area (Å²) in [7, 11) is 1.79. The van der Waals surface area contributed by atoms with Crippen LogP contribution in [-0.4, -0.2) is 28.0 Å². The molecule has 0 spiro atoms. The van der Waals surface area contributed by atoms with Crippen LogP contribution < -0.4 is 15.4 Å². The predicted octanol–water partition coefficient (Wildman–Crippen LogP) is 1.00. The van der Waals surface area contributed by atoms with Crippen molar-refractivity contribution in [3.8, 4) is 5.75 Å². The normalized spacial score (nSPS) is 13.2. The molecule has 3 rings (SSSR count). The minimum atomic E-state index is -0.301. The van der Waals surface area contributed by atoms with E-state index in [1.807, 2.05) is 0 Å². The quantitative estimate of drug-likeness (QED) is 0.854. The Kier molecular flexibility index (Phi) is 2.86. The van der Waals surface area contributed by atoms with Crippen LogP contribution >= 0.6 is 0 Å². The molecule has 7 heteroatoms. The van der Waals surface area contributed by atoms with Gasteiger partial charge in [0.1, 0.15) is 11.4 Å². The molecule has 7 nitrogen and oxygen atoms in total. The number of amides is 2. The van der Waals surface area contributed by atoms with Crippen LogP contribution in [0.25, 0.3) is 0 Å². The standard InChI is InChI=1S/C13H12N4O3/c1-17-5-10(14-7-17)13(19)15-8-2-3-9-11(4-8)20-6-12(18)16-9/h2-5,7H,6H2,1H3,(H,15,19)(H,16,18).